The maximum absolute atomic E-state index is 15.7. The molecule has 3 unspecified atom stereocenters. The minimum atomic E-state index is -1.60. The van der Waals surface area contributed by atoms with E-state index in [9.17, 15) is 0 Å². The number of benzene rings is 3. The Bertz CT molecular complexity index is 1230. The summed E-state index contributed by atoms with van der Waals surface area (Å²) in [4.78, 5) is -1.01. The van der Waals surface area contributed by atoms with Gasteiger partial charge in [-0.15, -0.1) is 11.6 Å². The van der Waals surface area contributed by atoms with Crippen LogP contribution in [0.1, 0.15) is 83.1 Å². The predicted octanol–water partition coefficient (Wildman–Crippen LogP) is 11.0. The summed E-state index contributed by atoms with van der Waals surface area (Å²) in [6.07, 6.45) is 7.11. The van der Waals surface area contributed by atoms with E-state index in [2.05, 4.69) is 6.92 Å². The lowest BCUT2D eigenvalue weighted by Gasteiger charge is -2.45. The van der Waals surface area contributed by atoms with Crippen molar-refractivity contribution in [1.82, 2.24) is 0 Å². The molecule has 0 saturated heterocycles. The molecule has 0 heterocycles. The molecule has 0 nitrogen and oxygen atoms in total. The Labute approximate surface area is 227 Å². The number of halogens is 6. The molecule has 0 N–H and O–H groups in total. The zero-order valence-corrected chi connectivity index (χ0v) is 22.7. The Morgan fingerprint density at radius 2 is 1.53 bits per heavy atom. The van der Waals surface area contributed by atoms with Gasteiger partial charge in [0.1, 0.15) is 5.82 Å². The lowest BCUT2D eigenvalue weighted by atomic mass is 9.66. The van der Waals surface area contributed by atoms with Crippen LogP contribution in [0.5, 0.6) is 0 Å². The second kappa shape index (κ2) is 12.2. The van der Waals surface area contributed by atoms with Gasteiger partial charge >= 0.3 is 0 Å². The molecule has 0 spiro atoms. The molecule has 38 heavy (non-hydrogen) atoms. The van der Waals surface area contributed by atoms with Crippen LogP contribution < -0.4 is 0 Å². The molecular weight excluding hydrogens is 515 g/mol. The zero-order chi connectivity index (χ0) is 27.4. The highest BCUT2D eigenvalue weighted by molar-refractivity contribution is 6.24. The molecule has 3 aromatic carbocycles. The van der Waals surface area contributed by atoms with Gasteiger partial charge in [0, 0.05) is 17.0 Å². The van der Waals surface area contributed by atoms with Crippen LogP contribution in [0.3, 0.4) is 0 Å². The van der Waals surface area contributed by atoms with E-state index in [-0.39, 0.29) is 12.3 Å². The first-order chi connectivity index (χ1) is 18.2. The molecule has 1 fully saturated rings. The Balaban J connectivity index is 1.78. The SMILES string of the molecule is CCCCCC1CCCCC1(Cl)C(CC)c1c(F)c(F)c(-c2ccc(-c3ccccc3)cc2F)c(F)c1F. The third-order valence-electron chi connectivity index (χ3n) is 8.18. The van der Waals surface area contributed by atoms with Crippen LogP contribution in [-0.2, 0) is 0 Å². The molecule has 0 aromatic heterocycles. The van der Waals surface area contributed by atoms with Gasteiger partial charge in [-0.3, -0.25) is 0 Å². The maximum Gasteiger partial charge on any atom is 0.170 e. The Morgan fingerprint density at radius 3 is 2.13 bits per heavy atom. The third-order valence-corrected chi connectivity index (χ3v) is 8.94. The first-order valence-electron chi connectivity index (χ1n) is 13.6. The minimum Gasteiger partial charge on any atom is -0.206 e. The van der Waals surface area contributed by atoms with Crippen molar-refractivity contribution in [3.05, 3.63) is 83.2 Å². The maximum atomic E-state index is 15.7. The summed E-state index contributed by atoms with van der Waals surface area (Å²) < 4.78 is 77.6. The summed E-state index contributed by atoms with van der Waals surface area (Å²) in [5, 5.41) is 0. The van der Waals surface area contributed by atoms with Crippen LogP contribution in [0.15, 0.2) is 48.5 Å². The molecule has 6 heteroatoms. The normalized spacial score (nSPS) is 20.5. The van der Waals surface area contributed by atoms with E-state index in [0.717, 1.165) is 57.1 Å². The van der Waals surface area contributed by atoms with E-state index in [1.54, 1.807) is 37.3 Å². The van der Waals surface area contributed by atoms with E-state index in [4.69, 9.17) is 11.6 Å². The van der Waals surface area contributed by atoms with Crippen LogP contribution in [-0.4, -0.2) is 4.87 Å². The van der Waals surface area contributed by atoms with Gasteiger partial charge < -0.3 is 0 Å². The average molecular weight is 549 g/mol. The van der Waals surface area contributed by atoms with Crippen molar-refractivity contribution in [2.45, 2.75) is 82.4 Å². The summed E-state index contributed by atoms with van der Waals surface area (Å²) in [5.41, 5.74) is -1.06. The summed E-state index contributed by atoms with van der Waals surface area (Å²) in [5.74, 6) is -8.07. The van der Waals surface area contributed by atoms with Gasteiger partial charge in [0.05, 0.1) is 10.4 Å². The number of alkyl halides is 1. The lowest BCUT2D eigenvalue weighted by Crippen LogP contribution is -2.42. The topological polar surface area (TPSA) is 0 Å². The fraction of sp³-hybridized carbons (Fsp3) is 0.438. The third kappa shape index (κ3) is 5.36. The molecule has 0 amide bonds. The van der Waals surface area contributed by atoms with Crippen molar-refractivity contribution >= 4 is 11.6 Å². The van der Waals surface area contributed by atoms with Crippen molar-refractivity contribution in [3.8, 4) is 22.3 Å². The van der Waals surface area contributed by atoms with Crippen molar-refractivity contribution in [2.75, 3.05) is 0 Å². The van der Waals surface area contributed by atoms with Crippen molar-refractivity contribution in [2.24, 2.45) is 5.92 Å². The van der Waals surface area contributed by atoms with Gasteiger partial charge in [0.15, 0.2) is 23.3 Å². The van der Waals surface area contributed by atoms with Gasteiger partial charge in [-0.2, -0.15) is 0 Å². The highest BCUT2D eigenvalue weighted by Crippen LogP contribution is 2.53. The van der Waals surface area contributed by atoms with Gasteiger partial charge in [0.25, 0.3) is 0 Å². The van der Waals surface area contributed by atoms with Gasteiger partial charge in [-0.25, -0.2) is 22.0 Å². The molecule has 1 aliphatic rings. The van der Waals surface area contributed by atoms with Crippen LogP contribution >= 0.6 is 11.6 Å². The number of rotatable bonds is 9. The van der Waals surface area contributed by atoms with Crippen molar-refractivity contribution < 1.29 is 22.0 Å². The molecule has 1 aliphatic carbocycles. The first-order valence-corrected chi connectivity index (χ1v) is 14.0. The average Bonchev–Trinajstić information content (AvgIpc) is 2.92. The smallest absolute Gasteiger partial charge is 0.170 e. The van der Waals surface area contributed by atoms with E-state index in [1.165, 1.54) is 6.07 Å². The molecule has 0 aliphatic heterocycles. The molecule has 4 rings (SSSR count). The molecular formula is C32H34ClF5. The number of hydrogen-bond acceptors (Lipinski definition) is 0. The van der Waals surface area contributed by atoms with Crippen molar-refractivity contribution in [1.29, 1.82) is 0 Å². The monoisotopic (exact) mass is 548 g/mol. The first kappa shape index (κ1) is 28.6. The minimum absolute atomic E-state index is 0.0120. The van der Waals surface area contributed by atoms with Gasteiger partial charge in [-0.05, 0) is 48.8 Å². The van der Waals surface area contributed by atoms with Crippen LogP contribution in [0.2, 0.25) is 0 Å². The molecule has 3 atom stereocenters. The van der Waals surface area contributed by atoms with E-state index in [1.807, 2.05) is 0 Å². The Hall–Kier alpha value is -2.40. The largest absolute Gasteiger partial charge is 0.206 e. The summed E-state index contributed by atoms with van der Waals surface area (Å²) >= 11 is 7.19. The standard InChI is InChI=1S/C32H34ClF5/c1-3-5-7-14-22-15-10-11-18-32(22,33)24(4-2)27-30(37)28(35)26(29(36)31(27)38)23-17-16-21(19-25(23)34)20-12-8-6-9-13-20/h6,8-9,12-13,16-17,19,22,24H,3-5,7,10-11,14-15,18H2,1-2H3. The lowest BCUT2D eigenvalue weighted by molar-refractivity contribution is 0.203. The molecule has 0 radical (unpaired) electrons. The quantitative estimate of drug-likeness (QED) is 0.108. The zero-order valence-electron chi connectivity index (χ0n) is 21.9. The predicted molar refractivity (Wildman–Crippen MR) is 145 cm³/mol. The van der Waals surface area contributed by atoms with Crippen molar-refractivity contribution in [3.63, 3.8) is 0 Å². The second-order valence-electron chi connectivity index (χ2n) is 10.4. The summed E-state index contributed by atoms with van der Waals surface area (Å²) in [6, 6.07) is 12.6. The molecule has 0 bridgehead atoms. The summed E-state index contributed by atoms with van der Waals surface area (Å²) in [7, 11) is 0. The van der Waals surface area contributed by atoms with Gasteiger partial charge in [0.2, 0.25) is 0 Å². The van der Waals surface area contributed by atoms with E-state index >= 15 is 22.0 Å². The number of unbranched alkanes of at least 4 members (excludes halogenated alkanes) is 2. The van der Waals surface area contributed by atoms with Crippen LogP contribution in [0.25, 0.3) is 22.3 Å². The highest BCUT2D eigenvalue weighted by atomic mass is 35.5. The van der Waals surface area contributed by atoms with E-state index < -0.39 is 56.6 Å². The van der Waals surface area contributed by atoms with Crippen LogP contribution in [0.4, 0.5) is 22.0 Å². The van der Waals surface area contributed by atoms with Crippen LogP contribution in [0, 0.1) is 35.0 Å². The fourth-order valence-electron chi connectivity index (χ4n) is 6.22. The Kier molecular flexibility index (Phi) is 9.18. The fourth-order valence-corrected chi connectivity index (χ4v) is 6.83. The molecule has 3 aromatic rings. The van der Waals surface area contributed by atoms with E-state index in [0.29, 0.717) is 17.5 Å². The molecule has 1 saturated carbocycles. The number of hydrogen-bond donors (Lipinski definition) is 0. The molecule has 204 valence electrons. The summed E-state index contributed by atoms with van der Waals surface area (Å²) in [6.45, 7) is 3.83. The highest BCUT2D eigenvalue weighted by Gasteiger charge is 2.47. The second-order valence-corrected chi connectivity index (χ2v) is 11.1. The van der Waals surface area contributed by atoms with Gasteiger partial charge in [-0.1, -0.05) is 88.4 Å². The Morgan fingerprint density at radius 1 is 0.842 bits per heavy atom.